The number of halogens is 1. The minimum Gasteiger partial charge on any atom is -0.239 e. The van der Waals surface area contributed by atoms with E-state index in [1.54, 1.807) is 16.9 Å². The molecule has 0 unspecified atom stereocenters. The zero-order valence-electron chi connectivity index (χ0n) is 6.24. The molecule has 0 aliphatic heterocycles. The topological polar surface area (TPSA) is 17.8 Å². The van der Waals surface area contributed by atoms with Crippen LogP contribution in [0.25, 0.3) is 5.69 Å². The van der Waals surface area contributed by atoms with Gasteiger partial charge in [-0.2, -0.15) is 5.10 Å². The fourth-order valence-electron chi connectivity index (χ4n) is 1.00. The Kier molecular flexibility index (Phi) is 1.84. The fraction of sp³-hybridized carbons (Fsp3) is 0. The van der Waals surface area contributed by atoms with Gasteiger partial charge in [-0.05, 0) is 18.2 Å². The molecule has 2 rings (SSSR count). The lowest BCUT2D eigenvalue weighted by molar-refractivity contribution is 0.877. The Morgan fingerprint density at radius 3 is 2.83 bits per heavy atom. The largest absolute Gasteiger partial charge is 0.239 e. The van der Waals surface area contributed by atoms with Gasteiger partial charge in [-0.15, -0.1) is 0 Å². The first-order chi connectivity index (χ1) is 5.88. The Balaban J connectivity index is 2.55. The van der Waals surface area contributed by atoms with Gasteiger partial charge in [0.25, 0.3) is 0 Å². The summed E-state index contributed by atoms with van der Waals surface area (Å²) in [5.74, 6) is 0. The Morgan fingerprint density at radius 1 is 1.33 bits per heavy atom. The lowest BCUT2D eigenvalue weighted by Gasteiger charge is -2.01. The van der Waals surface area contributed by atoms with Crippen molar-refractivity contribution < 1.29 is 0 Å². The highest BCUT2D eigenvalue weighted by Crippen LogP contribution is 2.17. The third kappa shape index (κ3) is 1.21. The van der Waals surface area contributed by atoms with Crippen molar-refractivity contribution in [3.63, 3.8) is 0 Å². The third-order valence-electron chi connectivity index (χ3n) is 1.56. The number of benzene rings is 1. The van der Waals surface area contributed by atoms with E-state index in [-0.39, 0.29) is 0 Å². The molecule has 0 saturated heterocycles. The quantitative estimate of drug-likeness (QED) is 0.654. The third-order valence-corrected chi connectivity index (χ3v) is 1.87. The standard InChI is InChI=1S/C9H6ClN2/c10-8-4-1-2-5-9(8)12-7-3-6-11-12/h1-5,7H. The highest BCUT2D eigenvalue weighted by Gasteiger charge is 1.99. The van der Waals surface area contributed by atoms with Crippen molar-refractivity contribution in [3.05, 3.63) is 47.7 Å². The molecule has 12 heavy (non-hydrogen) atoms. The summed E-state index contributed by atoms with van der Waals surface area (Å²) in [4.78, 5) is 0. The molecule has 3 heteroatoms. The second-order valence-corrected chi connectivity index (χ2v) is 2.75. The zero-order valence-corrected chi connectivity index (χ0v) is 6.99. The van der Waals surface area contributed by atoms with E-state index < -0.39 is 0 Å². The molecule has 0 N–H and O–H groups in total. The predicted molar refractivity (Wildman–Crippen MR) is 47.4 cm³/mol. The monoisotopic (exact) mass is 177 g/mol. The maximum atomic E-state index is 5.94. The van der Waals surface area contributed by atoms with Crippen LogP contribution in [0.1, 0.15) is 0 Å². The average molecular weight is 178 g/mol. The minimum absolute atomic E-state index is 0.689. The molecule has 1 aromatic heterocycles. The van der Waals surface area contributed by atoms with Gasteiger partial charge in [0.05, 0.1) is 10.7 Å². The molecule has 2 aromatic rings. The van der Waals surface area contributed by atoms with Gasteiger partial charge in [-0.25, -0.2) is 4.68 Å². The number of aromatic nitrogens is 2. The van der Waals surface area contributed by atoms with Crippen LogP contribution in [0.3, 0.4) is 0 Å². The second kappa shape index (κ2) is 2.99. The van der Waals surface area contributed by atoms with Gasteiger partial charge in [0, 0.05) is 6.20 Å². The summed E-state index contributed by atoms with van der Waals surface area (Å²) < 4.78 is 1.68. The normalized spacial score (nSPS) is 10.1. The van der Waals surface area contributed by atoms with E-state index >= 15 is 0 Å². The molecule has 59 valence electrons. The number of hydrogen-bond acceptors (Lipinski definition) is 1. The molecule has 0 bridgehead atoms. The van der Waals surface area contributed by atoms with Crippen LogP contribution in [-0.4, -0.2) is 9.78 Å². The van der Waals surface area contributed by atoms with E-state index in [9.17, 15) is 0 Å². The minimum atomic E-state index is 0.689. The lowest BCUT2D eigenvalue weighted by Crippen LogP contribution is -1.94. The van der Waals surface area contributed by atoms with E-state index in [0.717, 1.165) is 5.69 Å². The molecule has 1 heterocycles. The summed E-state index contributed by atoms with van der Waals surface area (Å²) in [7, 11) is 0. The summed E-state index contributed by atoms with van der Waals surface area (Å²) >= 11 is 5.94. The van der Waals surface area contributed by atoms with Crippen LogP contribution < -0.4 is 0 Å². The summed E-state index contributed by atoms with van der Waals surface area (Å²) in [6.07, 6.45) is 4.52. The summed E-state index contributed by atoms with van der Waals surface area (Å²) in [6.45, 7) is 0. The molecule has 0 spiro atoms. The number of nitrogens with zero attached hydrogens (tertiary/aromatic N) is 2. The Labute approximate surface area is 75.4 Å². The highest BCUT2D eigenvalue weighted by molar-refractivity contribution is 6.32. The van der Waals surface area contributed by atoms with Crippen LogP contribution in [0.4, 0.5) is 0 Å². The molecule has 2 nitrogen and oxygen atoms in total. The molecule has 0 amide bonds. The van der Waals surface area contributed by atoms with Gasteiger partial charge < -0.3 is 0 Å². The molecule has 0 fully saturated rings. The second-order valence-electron chi connectivity index (χ2n) is 2.34. The average Bonchev–Trinajstić information content (AvgIpc) is 2.57. The summed E-state index contributed by atoms with van der Waals surface area (Å²) in [5.41, 5.74) is 0.875. The molecular formula is C9H6ClN2. The smallest absolute Gasteiger partial charge is 0.113 e. The highest BCUT2D eigenvalue weighted by atomic mass is 35.5. The van der Waals surface area contributed by atoms with Crippen LogP contribution in [-0.2, 0) is 0 Å². The molecule has 0 saturated carbocycles. The first-order valence-corrected chi connectivity index (χ1v) is 3.92. The molecule has 0 atom stereocenters. The summed E-state index contributed by atoms with van der Waals surface area (Å²) in [5, 5.41) is 4.64. The summed E-state index contributed by atoms with van der Waals surface area (Å²) in [6, 6.07) is 9.28. The first-order valence-electron chi connectivity index (χ1n) is 3.54. The van der Waals surface area contributed by atoms with Crippen molar-refractivity contribution >= 4 is 11.6 Å². The van der Waals surface area contributed by atoms with E-state index in [1.807, 2.05) is 24.3 Å². The molecule has 0 aliphatic carbocycles. The predicted octanol–water partition coefficient (Wildman–Crippen LogP) is 2.33. The van der Waals surface area contributed by atoms with E-state index in [4.69, 9.17) is 11.6 Å². The van der Waals surface area contributed by atoms with Crippen LogP contribution >= 0.6 is 11.6 Å². The molecule has 1 radical (unpaired) electrons. The Hall–Kier alpha value is -1.28. The van der Waals surface area contributed by atoms with Crippen molar-refractivity contribution in [1.29, 1.82) is 0 Å². The van der Waals surface area contributed by atoms with Crippen LogP contribution in [0.2, 0.25) is 5.02 Å². The Morgan fingerprint density at radius 2 is 2.17 bits per heavy atom. The van der Waals surface area contributed by atoms with Gasteiger partial charge in [0.15, 0.2) is 0 Å². The maximum Gasteiger partial charge on any atom is 0.113 e. The van der Waals surface area contributed by atoms with Gasteiger partial charge in [-0.3, -0.25) is 0 Å². The van der Waals surface area contributed by atoms with Gasteiger partial charge in [0.2, 0.25) is 0 Å². The van der Waals surface area contributed by atoms with Gasteiger partial charge >= 0.3 is 0 Å². The number of rotatable bonds is 1. The lowest BCUT2D eigenvalue weighted by atomic mass is 10.3. The van der Waals surface area contributed by atoms with Crippen molar-refractivity contribution in [1.82, 2.24) is 9.78 Å². The van der Waals surface area contributed by atoms with Gasteiger partial charge in [0.1, 0.15) is 6.20 Å². The molecular weight excluding hydrogens is 172 g/mol. The molecule has 0 aliphatic rings. The first kappa shape index (κ1) is 7.37. The van der Waals surface area contributed by atoms with Gasteiger partial charge in [-0.1, -0.05) is 23.7 Å². The fourth-order valence-corrected chi connectivity index (χ4v) is 1.23. The van der Waals surface area contributed by atoms with E-state index in [1.165, 1.54) is 0 Å². The van der Waals surface area contributed by atoms with Crippen molar-refractivity contribution in [2.24, 2.45) is 0 Å². The van der Waals surface area contributed by atoms with Crippen molar-refractivity contribution in [3.8, 4) is 5.69 Å². The number of hydrogen-bond donors (Lipinski definition) is 0. The van der Waals surface area contributed by atoms with Crippen molar-refractivity contribution in [2.75, 3.05) is 0 Å². The van der Waals surface area contributed by atoms with Crippen LogP contribution in [0.15, 0.2) is 36.5 Å². The van der Waals surface area contributed by atoms with Crippen LogP contribution in [0, 0.1) is 6.20 Å². The van der Waals surface area contributed by atoms with Crippen molar-refractivity contribution in [2.45, 2.75) is 0 Å². The van der Waals surface area contributed by atoms with E-state index in [2.05, 4.69) is 11.3 Å². The van der Waals surface area contributed by atoms with Crippen LogP contribution in [0.5, 0.6) is 0 Å². The molecule has 1 aromatic carbocycles. The SMILES string of the molecule is Clc1ccccc1-n1cc[c]n1. The zero-order chi connectivity index (χ0) is 8.39. The van der Waals surface area contributed by atoms with E-state index in [0.29, 0.717) is 5.02 Å². The Bertz CT molecular complexity index is 368. The maximum absolute atomic E-state index is 5.94. The number of para-hydroxylation sites is 1.